The first-order chi connectivity index (χ1) is 11.1. The molecule has 126 valence electrons. The maximum absolute atomic E-state index is 12.8. The minimum absolute atomic E-state index is 0.0684. The average Bonchev–Trinajstić information content (AvgIpc) is 2.85. The Morgan fingerprint density at radius 1 is 1.13 bits per heavy atom. The Kier molecular flexibility index (Phi) is 4.97. The molecule has 2 aliphatic heterocycles. The first-order valence-electron chi connectivity index (χ1n) is 8.64. The van der Waals surface area contributed by atoms with Crippen LogP contribution >= 0.6 is 0 Å². The van der Waals surface area contributed by atoms with Gasteiger partial charge in [0.05, 0.1) is 5.41 Å². The van der Waals surface area contributed by atoms with Crippen molar-refractivity contribution in [3.8, 4) is 0 Å². The normalized spacial score (nSPS) is 21.5. The average molecular weight is 316 g/mol. The number of carbonyl (C=O) groups is 1. The van der Waals surface area contributed by atoms with Gasteiger partial charge in [-0.1, -0.05) is 0 Å². The van der Waals surface area contributed by atoms with Gasteiger partial charge in [-0.3, -0.25) is 14.7 Å². The van der Waals surface area contributed by atoms with E-state index in [2.05, 4.69) is 45.9 Å². The molecule has 2 aliphatic rings. The van der Waals surface area contributed by atoms with Gasteiger partial charge in [0.1, 0.15) is 0 Å². The summed E-state index contributed by atoms with van der Waals surface area (Å²) in [6.45, 7) is 5.78. The topological polar surface area (TPSA) is 39.7 Å². The van der Waals surface area contributed by atoms with E-state index in [0.29, 0.717) is 5.91 Å². The Balaban J connectivity index is 1.53. The lowest BCUT2D eigenvalue weighted by Gasteiger charge is -2.38. The molecule has 0 saturated carbocycles. The quantitative estimate of drug-likeness (QED) is 0.824. The van der Waals surface area contributed by atoms with Gasteiger partial charge in [-0.05, 0) is 64.1 Å². The van der Waals surface area contributed by atoms with Crippen molar-refractivity contribution in [2.45, 2.75) is 25.8 Å². The van der Waals surface area contributed by atoms with Gasteiger partial charge in [-0.2, -0.15) is 0 Å². The summed E-state index contributed by atoms with van der Waals surface area (Å²) in [6.07, 6.45) is 6.76. The van der Waals surface area contributed by atoms with E-state index in [1.54, 1.807) is 0 Å². The Hall–Kier alpha value is -1.46. The van der Waals surface area contributed by atoms with Crippen LogP contribution in [0.5, 0.6) is 0 Å². The van der Waals surface area contributed by atoms with Gasteiger partial charge in [-0.15, -0.1) is 0 Å². The number of hydrogen-bond acceptors (Lipinski definition) is 4. The van der Waals surface area contributed by atoms with Crippen LogP contribution in [0.25, 0.3) is 0 Å². The number of rotatable bonds is 5. The van der Waals surface area contributed by atoms with Crippen molar-refractivity contribution in [2.75, 3.05) is 46.8 Å². The number of pyridine rings is 1. The highest BCUT2D eigenvalue weighted by molar-refractivity contribution is 5.85. The van der Waals surface area contributed by atoms with E-state index < -0.39 is 0 Å². The van der Waals surface area contributed by atoms with Crippen molar-refractivity contribution < 1.29 is 4.79 Å². The maximum atomic E-state index is 12.8. The molecule has 3 heterocycles. The van der Waals surface area contributed by atoms with Crippen LogP contribution in [-0.2, 0) is 11.3 Å². The Morgan fingerprint density at radius 3 is 2.43 bits per heavy atom. The van der Waals surface area contributed by atoms with Gasteiger partial charge >= 0.3 is 0 Å². The number of aromatic nitrogens is 1. The summed E-state index contributed by atoms with van der Waals surface area (Å²) in [6, 6.07) is 4.15. The van der Waals surface area contributed by atoms with Crippen LogP contribution in [0.2, 0.25) is 0 Å². The van der Waals surface area contributed by atoms with Crippen molar-refractivity contribution in [3.05, 3.63) is 30.1 Å². The van der Waals surface area contributed by atoms with Crippen molar-refractivity contribution >= 4 is 5.91 Å². The summed E-state index contributed by atoms with van der Waals surface area (Å²) in [5, 5.41) is 0. The molecule has 3 rings (SSSR count). The lowest BCUT2D eigenvalue weighted by Crippen LogP contribution is -2.45. The van der Waals surface area contributed by atoms with Crippen LogP contribution in [0.1, 0.15) is 24.8 Å². The molecule has 23 heavy (non-hydrogen) atoms. The molecule has 2 saturated heterocycles. The fourth-order valence-electron chi connectivity index (χ4n) is 3.78. The minimum atomic E-state index is -0.0684. The van der Waals surface area contributed by atoms with Crippen LogP contribution in [0, 0.1) is 5.41 Å². The number of carbonyl (C=O) groups excluding carboxylic acids is 1. The van der Waals surface area contributed by atoms with E-state index in [0.717, 1.165) is 58.5 Å². The van der Waals surface area contributed by atoms with E-state index in [4.69, 9.17) is 0 Å². The van der Waals surface area contributed by atoms with Gasteiger partial charge in [0.15, 0.2) is 0 Å². The summed E-state index contributed by atoms with van der Waals surface area (Å²) >= 11 is 0. The van der Waals surface area contributed by atoms with Gasteiger partial charge in [0, 0.05) is 38.6 Å². The van der Waals surface area contributed by atoms with Gasteiger partial charge < -0.3 is 9.80 Å². The number of amides is 1. The first-order valence-corrected chi connectivity index (χ1v) is 8.64. The SMILES string of the molecule is CN(C)CCN1CCC2(CCN(Cc3ccncc3)CC2)C1=O. The van der Waals surface area contributed by atoms with E-state index >= 15 is 0 Å². The molecular formula is C18H28N4O. The van der Waals surface area contributed by atoms with Crippen LogP contribution in [0.15, 0.2) is 24.5 Å². The lowest BCUT2D eigenvalue weighted by molar-refractivity contribution is -0.138. The molecule has 1 aromatic heterocycles. The molecule has 1 spiro atoms. The zero-order valence-electron chi connectivity index (χ0n) is 14.4. The molecule has 0 radical (unpaired) electrons. The number of likely N-dealkylation sites (N-methyl/N-ethyl adjacent to an activating group) is 1. The number of piperidine rings is 1. The highest BCUT2D eigenvalue weighted by atomic mass is 16.2. The molecular weight excluding hydrogens is 288 g/mol. The van der Waals surface area contributed by atoms with Crippen LogP contribution in [0.4, 0.5) is 0 Å². The first kappa shape index (κ1) is 16.4. The fourth-order valence-corrected chi connectivity index (χ4v) is 3.78. The predicted molar refractivity (Wildman–Crippen MR) is 90.9 cm³/mol. The summed E-state index contributed by atoms with van der Waals surface area (Å²) < 4.78 is 0. The summed E-state index contributed by atoms with van der Waals surface area (Å²) in [4.78, 5) is 23.6. The second kappa shape index (κ2) is 6.97. The molecule has 5 heteroatoms. The predicted octanol–water partition coefficient (Wildman–Crippen LogP) is 1.46. The number of nitrogens with zero attached hydrogens (tertiary/aromatic N) is 4. The molecule has 0 aromatic carbocycles. The minimum Gasteiger partial charge on any atom is -0.341 e. The van der Waals surface area contributed by atoms with E-state index in [9.17, 15) is 4.79 Å². The fraction of sp³-hybridized carbons (Fsp3) is 0.667. The van der Waals surface area contributed by atoms with E-state index in [-0.39, 0.29) is 5.41 Å². The lowest BCUT2D eigenvalue weighted by atomic mass is 9.77. The third-order valence-electron chi connectivity index (χ3n) is 5.39. The van der Waals surface area contributed by atoms with Gasteiger partial charge in [0.25, 0.3) is 0 Å². The van der Waals surface area contributed by atoms with Crippen LogP contribution < -0.4 is 0 Å². The number of likely N-dealkylation sites (tertiary alicyclic amines) is 2. The van der Waals surface area contributed by atoms with Crippen molar-refractivity contribution in [2.24, 2.45) is 5.41 Å². The van der Waals surface area contributed by atoms with Crippen LogP contribution in [-0.4, -0.2) is 72.4 Å². The molecule has 0 aliphatic carbocycles. The van der Waals surface area contributed by atoms with E-state index in [1.165, 1.54) is 5.56 Å². The molecule has 1 amide bonds. The molecule has 1 aromatic rings. The third-order valence-corrected chi connectivity index (χ3v) is 5.39. The zero-order chi connectivity index (χ0) is 16.3. The monoisotopic (exact) mass is 316 g/mol. The summed E-state index contributed by atoms with van der Waals surface area (Å²) in [7, 11) is 4.13. The standard InChI is InChI=1S/C18H28N4O/c1-20(2)13-14-22-12-7-18(17(22)23)5-10-21(11-6-18)15-16-3-8-19-9-4-16/h3-4,8-9H,5-7,10-15H2,1-2H3. The zero-order valence-corrected chi connectivity index (χ0v) is 14.4. The van der Waals surface area contributed by atoms with Gasteiger partial charge in [0.2, 0.25) is 5.91 Å². The molecule has 5 nitrogen and oxygen atoms in total. The molecule has 0 unspecified atom stereocenters. The molecule has 0 N–H and O–H groups in total. The highest BCUT2D eigenvalue weighted by Crippen LogP contribution is 2.41. The second-order valence-corrected chi connectivity index (χ2v) is 7.26. The Labute approximate surface area is 139 Å². The summed E-state index contributed by atoms with van der Waals surface area (Å²) in [5.41, 5.74) is 1.24. The molecule has 0 bridgehead atoms. The van der Waals surface area contributed by atoms with Crippen molar-refractivity contribution in [1.29, 1.82) is 0 Å². The molecule has 2 fully saturated rings. The highest BCUT2D eigenvalue weighted by Gasteiger charge is 2.47. The summed E-state index contributed by atoms with van der Waals surface area (Å²) in [5.74, 6) is 0.405. The van der Waals surface area contributed by atoms with Crippen LogP contribution in [0.3, 0.4) is 0 Å². The third kappa shape index (κ3) is 3.72. The maximum Gasteiger partial charge on any atom is 0.228 e. The Bertz CT molecular complexity index is 523. The molecule has 0 atom stereocenters. The second-order valence-electron chi connectivity index (χ2n) is 7.26. The van der Waals surface area contributed by atoms with Gasteiger partial charge in [-0.25, -0.2) is 0 Å². The van der Waals surface area contributed by atoms with Crippen molar-refractivity contribution in [3.63, 3.8) is 0 Å². The number of hydrogen-bond donors (Lipinski definition) is 0. The smallest absolute Gasteiger partial charge is 0.228 e. The van der Waals surface area contributed by atoms with E-state index in [1.807, 2.05) is 12.4 Å². The largest absolute Gasteiger partial charge is 0.341 e. The Morgan fingerprint density at radius 2 is 1.78 bits per heavy atom. The van der Waals surface area contributed by atoms with Crippen molar-refractivity contribution in [1.82, 2.24) is 19.7 Å².